The molecule has 1 atom stereocenters. The molecule has 0 bridgehead atoms. The first kappa shape index (κ1) is 21.0. The number of rotatable bonds is 6. The van der Waals surface area contributed by atoms with Crippen LogP contribution < -0.4 is 10.1 Å². The highest BCUT2D eigenvalue weighted by Gasteiger charge is 2.24. The van der Waals surface area contributed by atoms with Crippen molar-refractivity contribution in [2.24, 2.45) is 0 Å². The standard InChI is InChI=1S/C29H25NO3/c1-19-13-14-21(15-26(19)29(31)32)27-16-23(33-28-12-5-4-11-25(27)28)18-30-17-22-9-6-8-20-7-2-3-10-24(20)22/h2-16,27,30H,17-18H2,1H3,(H,31,32). The van der Waals surface area contributed by atoms with E-state index in [0.29, 0.717) is 12.1 Å². The second-order valence-corrected chi connectivity index (χ2v) is 8.37. The number of hydrogen-bond donors (Lipinski definition) is 2. The molecular formula is C29H25NO3. The topological polar surface area (TPSA) is 58.6 Å². The maximum Gasteiger partial charge on any atom is 0.335 e. The number of para-hydroxylation sites is 1. The molecule has 4 aromatic carbocycles. The average Bonchev–Trinajstić information content (AvgIpc) is 2.84. The third-order valence-corrected chi connectivity index (χ3v) is 6.19. The predicted octanol–water partition coefficient (Wildman–Crippen LogP) is 6.04. The molecule has 1 aliphatic heterocycles. The molecule has 164 valence electrons. The summed E-state index contributed by atoms with van der Waals surface area (Å²) in [5.41, 5.74) is 4.31. The molecule has 0 saturated carbocycles. The van der Waals surface area contributed by atoms with Crippen LogP contribution in [0.15, 0.2) is 96.8 Å². The number of carboxylic acid groups (broad SMARTS) is 1. The van der Waals surface area contributed by atoms with Crippen LogP contribution in [0.25, 0.3) is 10.8 Å². The largest absolute Gasteiger partial charge is 0.478 e. The van der Waals surface area contributed by atoms with Crippen LogP contribution in [0.3, 0.4) is 0 Å². The van der Waals surface area contributed by atoms with Crippen molar-refractivity contribution in [2.45, 2.75) is 19.4 Å². The lowest BCUT2D eigenvalue weighted by Crippen LogP contribution is -2.22. The Labute approximate surface area is 193 Å². The second kappa shape index (κ2) is 8.93. The fraction of sp³-hybridized carbons (Fsp3) is 0.138. The Balaban J connectivity index is 1.41. The van der Waals surface area contributed by atoms with Gasteiger partial charge >= 0.3 is 5.97 Å². The van der Waals surface area contributed by atoms with Gasteiger partial charge in [-0.05, 0) is 52.6 Å². The van der Waals surface area contributed by atoms with Crippen molar-refractivity contribution in [1.29, 1.82) is 0 Å². The maximum absolute atomic E-state index is 11.7. The van der Waals surface area contributed by atoms with E-state index in [1.54, 1.807) is 6.07 Å². The number of benzene rings is 4. The van der Waals surface area contributed by atoms with Gasteiger partial charge in [0, 0.05) is 18.0 Å². The van der Waals surface area contributed by atoms with Crippen molar-refractivity contribution in [3.63, 3.8) is 0 Å². The van der Waals surface area contributed by atoms with Crippen LogP contribution in [-0.4, -0.2) is 17.6 Å². The van der Waals surface area contributed by atoms with E-state index in [-0.39, 0.29) is 5.92 Å². The fourth-order valence-electron chi connectivity index (χ4n) is 4.48. The summed E-state index contributed by atoms with van der Waals surface area (Å²) in [6, 6.07) is 28.3. The van der Waals surface area contributed by atoms with Crippen molar-refractivity contribution < 1.29 is 14.6 Å². The van der Waals surface area contributed by atoms with Crippen molar-refractivity contribution in [3.05, 3.63) is 125 Å². The van der Waals surface area contributed by atoms with Crippen molar-refractivity contribution >= 4 is 16.7 Å². The first-order valence-corrected chi connectivity index (χ1v) is 11.1. The number of carbonyl (C=O) groups is 1. The molecule has 5 rings (SSSR count). The fourth-order valence-corrected chi connectivity index (χ4v) is 4.48. The van der Waals surface area contributed by atoms with E-state index in [1.165, 1.54) is 16.3 Å². The van der Waals surface area contributed by atoms with E-state index in [1.807, 2.05) is 43.3 Å². The normalized spacial score (nSPS) is 14.9. The second-order valence-electron chi connectivity index (χ2n) is 8.37. The molecule has 0 fully saturated rings. The van der Waals surface area contributed by atoms with Gasteiger partial charge in [-0.15, -0.1) is 0 Å². The van der Waals surface area contributed by atoms with Gasteiger partial charge in [0.25, 0.3) is 0 Å². The number of aryl methyl sites for hydroxylation is 1. The summed E-state index contributed by atoms with van der Waals surface area (Å²) in [5.74, 6) is 0.666. The third-order valence-electron chi connectivity index (χ3n) is 6.19. The average molecular weight is 436 g/mol. The van der Waals surface area contributed by atoms with Gasteiger partial charge < -0.3 is 15.2 Å². The third kappa shape index (κ3) is 4.26. The minimum atomic E-state index is -0.907. The van der Waals surface area contributed by atoms with E-state index in [4.69, 9.17) is 4.74 Å². The molecule has 1 unspecified atom stereocenters. The molecule has 4 heteroatoms. The maximum atomic E-state index is 11.7. The van der Waals surface area contributed by atoms with Gasteiger partial charge in [0.05, 0.1) is 12.1 Å². The summed E-state index contributed by atoms with van der Waals surface area (Å²) in [7, 11) is 0. The minimum absolute atomic E-state index is 0.0667. The van der Waals surface area contributed by atoms with Crippen LogP contribution in [0.1, 0.15) is 38.5 Å². The lowest BCUT2D eigenvalue weighted by Gasteiger charge is -2.26. The van der Waals surface area contributed by atoms with Crippen LogP contribution in [0.4, 0.5) is 0 Å². The lowest BCUT2D eigenvalue weighted by atomic mass is 9.87. The molecule has 0 radical (unpaired) electrons. The Kier molecular flexibility index (Phi) is 5.68. The summed E-state index contributed by atoms with van der Waals surface area (Å²) in [6.45, 7) is 3.12. The molecule has 1 heterocycles. The summed E-state index contributed by atoms with van der Waals surface area (Å²) in [6.07, 6.45) is 2.09. The number of hydrogen-bond acceptors (Lipinski definition) is 3. The molecule has 0 aliphatic carbocycles. The summed E-state index contributed by atoms with van der Waals surface area (Å²) in [5, 5.41) is 15.6. The van der Waals surface area contributed by atoms with Crippen LogP contribution in [-0.2, 0) is 6.54 Å². The Morgan fingerprint density at radius 2 is 1.73 bits per heavy atom. The van der Waals surface area contributed by atoms with Gasteiger partial charge in [-0.25, -0.2) is 4.79 Å². The van der Waals surface area contributed by atoms with Gasteiger partial charge in [0.15, 0.2) is 0 Å². The highest BCUT2D eigenvalue weighted by atomic mass is 16.5. The zero-order valence-electron chi connectivity index (χ0n) is 18.4. The van der Waals surface area contributed by atoms with Crippen LogP contribution >= 0.6 is 0 Å². The Bertz CT molecular complexity index is 1370. The summed E-state index contributed by atoms with van der Waals surface area (Å²) in [4.78, 5) is 11.7. The first-order valence-electron chi connectivity index (χ1n) is 11.1. The highest BCUT2D eigenvalue weighted by molar-refractivity contribution is 5.89. The summed E-state index contributed by atoms with van der Waals surface area (Å²) < 4.78 is 6.19. The van der Waals surface area contributed by atoms with Crippen LogP contribution in [0.2, 0.25) is 0 Å². The SMILES string of the molecule is Cc1ccc(C2C=C(CNCc3cccc4ccccc34)Oc3ccccc32)cc1C(=O)O. The quantitative estimate of drug-likeness (QED) is 0.387. The van der Waals surface area contributed by atoms with Crippen LogP contribution in [0.5, 0.6) is 5.75 Å². The van der Waals surface area contributed by atoms with Crippen molar-refractivity contribution in [3.8, 4) is 5.75 Å². The molecule has 4 nitrogen and oxygen atoms in total. The van der Waals surface area contributed by atoms with Crippen molar-refractivity contribution in [1.82, 2.24) is 5.32 Å². The molecule has 33 heavy (non-hydrogen) atoms. The van der Waals surface area contributed by atoms with E-state index < -0.39 is 5.97 Å². The van der Waals surface area contributed by atoms with Gasteiger partial charge in [-0.3, -0.25) is 0 Å². The smallest absolute Gasteiger partial charge is 0.335 e. The highest BCUT2D eigenvalue weighted by Crippen LogP contribution is 2.38. The first-order chi connectivity index (χ1) is 16.1. The molecule has 0 aromatic heterocycles. The van der Waals surface area contributed by atoms with E-state index in [9.17, 15) is 9.90 Å². The van der Waals surface area contributed by atoms with Gasteiger partial charge in [0.2, 0.25) is 0 Å². The Morgan fingerprint density at radius 1 is 0.939 bits per heavy atom. The monoisotopic (exact) mass is 435 g/mol. The number of carboxylic acids is 1. The number of fused-ring (bicyclic) bond motifs is 2. The molecule has 0 amide bonds. The van der Waals surface area contributed by atoms with Gasteiger partial charge in [-0.2, -0.15) is 0 Å². The van der Waals surface area contributed by atoms with Crippen LogP contribution in [0, 0.1) is 6.92 Å². The summed E-state index contributed by atoms with van der Waals surface area (Å²) >= 11 is 0. The molecule has 1 aliphatic rings. The van der Waals surface area contributed by atoms with Crippen molar-refractivity contribution in [2.75, 3.05) is 6.54 Å². The zero-order valence-corrected chi connectivity index (χ0v) is 18.4. The Hall–Kier alpha value is -3.89. The lowest BCUT2D eigenvalue weighted by molar-refractivity contribution is 0.0696. The molecule has 0 saturated heterocycles. The van der Waals surface area contributed by atoms with Gasteiger partial charge in [-0.1, -0.05) is 72.8 Å². The van der Waals surface area contributed by atoms with E-state index >= 15 is 0 Å². The number of allylic oxidation sites excluding steroid dienone is 1. The van der Waals surface area contributed by atoms with E-state index in [2.05, 4.69) is 53.9 Å². The van der Waals surface area contributed by atoms with Gasteiger partial charge in [0.1, 0.15) is 11.5 Å². The molecule has 0 spiro atoms. The number of aromatic carboxylic acids is 1. The predicted molar refractivity (Wildman–Crippen MR) is 131 cm³/mol. The number of nitrogens with one attached hydrogen (secondary N) is 1. The molecule has 4 aromatic rings. The molecule has 2 N–H and O–H groups in total. The minimum Gasteiger partial charge on any atom is -0.478 e. The molecular weight excluding hydrogens is 410 g/mol. The zero-order chi connectivity index (χ0) is 22.8. The Morgan fingerprint density at radius 3 is 2.61 bits per heavy atom. The van der Waals surface area contributed by atoms with E-state index in [0.717, 1.165) is 34.7 Å². The number of ether oxygens (including phenoxy) is 1.